The standard InChI is InChI=1S/C14H15BrF3N3/c15-11-3-1-10(2-4-11)12-9-13(14(16,17)18)20-6-8-21(13)7-5-19-12/h1-4,20H,5-9H2/p+2/t13-/m0/s1. The molecule has 114 valence electrons. The molecule has 0 spiro atoms. The number of hydrogen-bond donors (Lipinski definition) is 2. The highest BCUT2D eigenvalue weighted by Crippen LogP contribution is 2.29. The highest BCUT2D eigenvalue weighted by atomic mass is 79.9. The molecule has 0 radical (unpaired) electrons. The zero-order valence-electron chi connectivity index (χ0n) is 11.4. The summed E-state index contributed by atoms with van der Waals surface area (Å²) < 4.78 is 42.0. The predicted octanol–water partition coefficient (Wildman–Crippen LogP) is 0.362. The zero-order chi connectivity index (χ0) is 15.1. The summed E-state index contributed by atoms with van der Waals surface area (Å²) in [5, 5.41) is 1.46. The van der Waals surface area contributed by atoms with Crippen LogP contribution in [0.15, 0.2) is 33.7 Å². The average molecular weight is 364 g/mol. The number of quaternary nitrogens is 2. The van der Waals surface area contributed by atoms with Crippen LogP contribution in [0, 0.1) is 0 Å². The van der Waals surface area contributed by atoms with Gasteiger partial charge in [0.05, 0.1) is 12.3 Å². The van der Waals surface area contributed by atoms with Gasteiger partial charge in [-0.2, -0.15) is 13.2 Å². The minimum Gasteiger partial charge on any atom is -0.283 e. The maximum Gasteiger partial charge on any atom is 0.503 e. The Kier molecular flexibility index (Phi) is 3.83. The monoisotopic (exact) mass is 363 g/mol. The van der Waals surface area contributed by atoms with Crippen LogP contribution in [-0.2, 0) is 0 Å². The first-order valence-corrected chi connectivity index (χ1v) is 7.77. The quantitative estimate of drug-likeness (QED) is 0.722. The predicted molar refractivity (Wildman–Crippen MR) is 76.4 cm³/mol. The maximum absolute atomic E-state index is 13.7. The fraction of sp³-hybridized carbons (Fsp3) is 0.500. The van der Waals surface area contributed by atoms with Gasteiger partial charge < -0.3 is 0 Å². The van der Waals surface area contributed by atoms with E-state index in [-0.39, 0.29) is 6.42 Å². The van der Waals surface area contributed by atoms with Crippen molar-refractivity contribution < 1.29 is 23.4 Å². The second-order valence-electron chi connectivity index (χ2n) is 5.58. The molecule has 3 N–H and O–H groups in total. The third-order valence-electron chi connectivity index (χ3n) is 4.42. The van der Waals surface area contributed by atoms with Crippen molar-refractivity contribution in [1.82, 2.24) is 0 Å². The molecular weight excluding hydrogens is 347 g/mol. The molecule has 0 saturated carbocycles. The molecule has 0 aliphatic carbocycles. The van der Waals surface area contributed by atoms with Crippen molar-refractivity contribution in [2.45, 2.75) is 18.3 Å². The molecule has 3 nitrogen and oxygen atoms in total. The number of nitrogens with zero attached hydrogens (tertiary/aromatic N) is 1. The van der Waals surface area contributed by atoms with Crippen LogP contribution in [0.2, 0.25) is 0 Å². The first-order chi connectivity index (χ1) is 9.92. The van der Waals surface area contributed by atoms with E-state index >= 15 is 0 Å². The lowest BCUT2D eigenvalue weighted by Gasteiger charge is -2.31. The molecule has 0 amide bonds. The molecule has 2 heterocycles. The third kappa shape index (κ3) is 2.62. The first-order valence-electron chi connectivity index (χ1n) is 6.98. The van der Waals surface area contributed by atoms with E-state index in [9.17, 15) is 13.2 Å². The van der Waals surface area contributed by atoms with Gasteiger partial charge >= 0.3 is 11.8 Å². The average Bonchev–Trinajstić information content (AvgIpc) is 2.74. The van der Waals surface area contributed by atoms with Gasteiger partial charge in [-0.15, -0.1) is 0 Å². The topological polar surface area (TPSA) is 33.4 Å². The minimum absolute atomic E-state index is 0.0620. The van der Waals surface area contributed by atoms with Crippen LogP contribution in [-0.4, -0.2) is 43.7 Å². The Balaban J connectivity index is 1.97. The molecule has 1 saturated heterocycles. The number of benzene rings is 1. The van der Waals surface area contributed by atoms with Crippen molar-refractivity contribution in [2.75, 3.05) is 26.2 Å². The third-order valence-corrected chi connectivity index (χ3v) is 4.94. The first kappa shape index (κ1) is 15.0. The molecule has 2 aliphatic heterocycles. The van der Waals surface area contributed by atoms with E-state index in [1.807, 2.05) is 24.3 Å². The normalized spacial score (nSPS) is 29.7. The molecule has 21 heavy (non-hydrogen) atoms. The lowest BCUT2D eigenvalue weighted by Crippen LogP contribution is -3.29. The van der Waals surface area contributed by atoms with E-state index in [0.29, 0.717) is 36.8 Å². The molecule has 1 unspecified atom stereocenters. The molecule has 1 aromatic rings. The molecule has 3 rings (SSSR count). The summed E-state index contributed by atoms with van der Waals surface area (Å²) >= 11 is 3.34. The SMILES string of the molecule is FC(F)(F)[C@]12CC(c3ccc(Br)cc3)=NCC[NH+]1CC[NH2+]2. The van der Waals surface area contributed by atoms with E-state index in [2.05, 4.69) is 20.9 Å². The van der Waals surface area contributed by atoms with Crippen molar-refractivity contribution in [3.63, 3.8) is 0 Å². The molecule has 0 aromatic heterocycles. The number of halogens is 4. The van der Waals surface area contributed by atoms with Gasteiger partial charge in [0, 0.05) is 4.47 Å². The van der Waals surface area contributed by atoms with Crippen LogP contribution < -0.4 is 10.2 Å². The van der Waals surface area contributed by atoms with Gasteiger partial charge in [0.1, 0.15) is 26.1 Å². The van der Waals surface area contributed by atoms with Crippen molar-refractivity contribution in [1.29, 1.82) is 0 Å². The van der Waals surface area contributed by atoms with E-state index in [0.717, 1.165) is 10.0 Å². The fourth-order valence-corrected chi connectivity index (χ4v) is 3.57. The maximum atomic E-state index is 13.7. The van der Waals surface area contributed by atoms with E-state index < -0.39 is 11.8 Å². The lowest BCUT2D eigenvalue weighted by molar-refractivity contribution is -1.04. The lowest BCUT2D eigenvalue weighted by atomic mass is 9.96. The Morgan fingerprint density at radius 1 is 1.19 bits per heavy atom. The van der Waals surface area contributed by atoms with Gasteiger partial charge in [-0.3, -0.25) is 15.2 Å². The van der Waals surface area contributed by atoms with E-state index in [4.69, 9.17) is 0 Å². The van der Waals surface area contributed by atoms with Crippen LogP contribution in [0.5, 0.6) is 0 Å². The summed E-state index contributed by atoms with van der Waals surface area (Å²) in [7, 11) is 0. The van der Waals surface area contributed by atoms with Gasteiger partial charge in [-0.05, 0) is 17.7 Å². The second kappa shape index (κ2) is 5.37. The fourth-order valence-electron chi connectivity index (χ4n) is 3.30. The molecule has 2 aliphatic rings. The molecule has 0 bridgehead atoms. The summed E-state index contributed by atoms with van der Waals surface area (Å²) in [6, 6.07) is 7.33. The molecule has 1 fully saturated rings. The number of fused-ring (bicyclic) bond motifs is 1. The van der Waals surface area contributed by atoms with Crippen LogP contribution in [0.4, 0.5) is 13.2 Å². The second-order valence-corrected chi connectivity index (χ2v) is 6.49. The van der Waals surface area contributed by atoms with Crippen molar-refractivity contribution in [3.8, 4) is 0 Å². The number of rotatable bonds is 1. The highest BCUT2D eigenvalue weighted by Gasteiger charge is 2.69. The Bertz CT molecular complexity index is 556. The minimum atomic E-state index is -4.24. The highest BCUT2D eigenvalue weighted by molar-refractivity contribution is 9.10. The largest absolute Gasteiger partial charge is 0.503 e. The Morgan fingerprint density at radius 3 is 2.57 bits per heavy atom. The smallest absolute Gasteiger partial charge is 0.283 e. The van der Waals surface area contributed by atoms with Crippen LogP contribution >= 0.6 is 15.9 Å². The molecule has 7 heteroatoms. The molecule has 2 atom stereocenters. The van der Waals surface area contributed by atoms with Gasteiger partial charge in [0.2, 0.25) is 0 Å². The van der Waals surface area contributed by atoms with Crippen LogP contribution in [0.1, 0.15) is 12.0 Å². The van der Waals surface area contributed by atoms with Gasteiger partial charge in [-0.25, -0.2) is 0 Å². The summed E-state index contributed by atoms with van der Waals surface area (Å²) in [5.41, 5.74) is -0.425. The van der Waals surface area contributed by atoms with Gasteiger partial charge in [-0.1, -0.05) is 28.1 Å². The number of nitrogens with one attached hydrogen (secondary N) is 1. The summed E-state index contributed by atoms with van der Waals surface area (Å²) in [6.45, 7) is 1.95. The Hall–Kier alpha value is -0.920. The molecule has 1 aromatic carbocycles. The van der Waals surface area contributed by atoms with Crippen molar-refractivity contribution in [2.24, 2.45) is 4.99 Å². The molecular formula is C14H17BrF3N3+2. The van der Waals surface area contributed by atoms with Gasteiger partial charge in [0.15, 0.2) is 0 Å². The van der Waals surface area contributed by atoms with Crippen LogP contribution in [0.25, 0.3) is 0 Å². The summed E-state index contributed by atoms with van der Waals surface area (Å²) in [6.07, 6.45) is -4.30. The number of hydrogen-bond acceptors (Lipinski definition) is 1. The van der Waals surface area contributed by atoms with E-state index in [1.54, 1.807) is 0 Å². The van der Waals surface area contributed by atoms with Crippen molar-refractivity contribution in [3.05, 3.63) is 34.3 Å². The zero-order valence-corrected chi connectivity index (χ0v) is 13.0. The summed E-state index contributed by atoms with van der Waals surface area (Å²) in [5.74, 6) is 0. The summed E-state index contributed by atoms with van der Waals surface area (Å²) in [4.78, 5) is 5.03. The van der Waals surface area contributed by atoms with E-state index in [1.165, 1.54) is 5.32 Å². The number of aliphatic imine (C=N–C) groups is 1. The number of alkyl halides is 3. The Labute approximate surface area is 129 Å². The Morgan fingerprint density at radius 2 is 1.90 bits per heavy atom. The van der Waals surface area contributed by atoms with Crippen molar-refractivity contribution >= 4 is 21.6 Å². The van der Waals surface area contributed by atoms with Gasteiger partial charge in [0.25, 0.3) is 0 Å². The van der Waals surface area contributed by atoms with Crippen LogP contribution in [0.3, 0.4) is 0 Å². The number of nitrogens with two attached hydrogens (primary N) is 1.